The van der Waals surface area contributed by atoms with Gasteiger partial charge in [0.2, 0.25) is 0 Å². The lowest BCUT2D eigenvalue weighted by Gasteiger charge is -2.18. The van der Waals surface area contributed by atoms with Crippen molar-refractivity contribution in [3.8, 4) is 22.5 Å². The van der Waals surface area contributed by atoms with E-state index in [9.17, 15) is 0 Å². The highest BCUT2D eigenvalue weighted by Gasteiger charge is 2.20. The molecule has 0 N–H and O–H groups in total. The number of benzene rings is 5. The van der Waals surface area contributed by atoms with Crippen LogP contribution >= 0.6 is 0 Å². The molecule has 0 amide bonds. The Balaban J connectivity index is 1.50. The van der Waals surface area contributed by atoms with Gasteiger partial charge >= 0.3 is 0 Å². The Morgan fingerprint density at radius 3 is 1.82 bits per heavy atom. The first-order valence-electron chi connectivity index (χ1n) is 13.8. The summed E-state index contributed by atoms with van der Waals surface area (Å²) in [6, 6.07) is 42.2. The number of nitrogens with zero attached hydrogens (tertiary/aromatic N) is 2. The smallest absolute Gasteiger partial charge is 0.0541 e. The van der Waals surface area contributed by atoms with Crippen LogP contribution in [0.1, 0.15) is 23.2 Å². The summed E-state index contributed by atoms with van der Waals surface area (Å²) < 4.78 is 4.95. The Labute approximate surface area is 228 Å². The standard InChI is InChI=1S/C37H28N2/c1-25-12-2-3-13-29(25)26-22-27(38-34-18-8-4-14-30(34)31-15-5-9-19-35(31)38)24-28(23-26)39-36-20-10-6-16-32(36)33-17-7-11-21-37(33)39/h2-10,12-20,22-24H,11,21H2,1H3. The van der Waals surface area contributed by atoms with E-state index in [1.165, 1.54) is 72.0 Å². The van der Waals surface area contributed by atoms with Crippen LogP contribution < -0.4 is 0 Å². The molecule has 2 heteroatoms. The van der Waals surface area contributed by atoms with Gasteiger partial charge in [-0.15, -0.1) is 0 Å². The molecule has 5 aromatic carbocycles. The second-order valence-electron chi connectivity index (χ2n) is 10.6. The third kappa shape index (κ3) is 3.35. The van der Waals surface area contributed by atoms with Crippen molar-refractivity contribution in [1.29, 1.82) is 0 Å². The number of aryl methyl sites for hydroxylation is 1. The second-order valence-corrected chi connectivity index (χ2v) is 10.6. The van der Waals surface area contributed by atoms with E-state index in [2.05, 4.69) is 143 Å². The topological polar surface area (TPSA) is 9.86 Å². The molecule has 0 atom stereocenters. The maximum absolute atomic E-state index is 2.51. The van der Waals surface area contributed by atoms with E-state index in [1.54, 1.807) is 0 Å². The summed E-state index contributed by atoms with van der Waals surface area (Å²) in [6.45, 7) is 2.21. The molecule has 0 aliphatic heterocycles. The molecule has 0 saturated heterocycles. The highest BCUT2D eigenvalue weighted by atomic mass is 15.0. The zero-order valence-electron chi connectivity index (χ0n) is 21.9. The summed E-state index contributed by atoms with van der Waals surface area (Å²) in [4.78, 5) is 0. The zero-order valence-corrected chi connectivity index (χ0v) is 21.9. The Morgan fingerprint density at radius 2 is 1.13 bits per heavy atom. The summed E-state index contributed by atoms with van der Waals surface area (Å²) in [7, 11) is 0. The van der Waals surface area contributed by atoms with E-state index in [4.69, 9.17) is 0 Å². The van der Waals surface area contributed by atoms with Crippen LogP contribution in [0.15, 0.2) is 121 Å². The minimum atomic E-state index is 1.04. The number of para-hydroxylation sites is 3. The van der Waals surface area contributed by atoms with Gasteiger partial charge in [-0.1, -0.05) is 91.0 Å². The Hall–Kier alpha value is -4.82. The van der Waals surface area contributed by atoms with Crippen molar-refractivity contribution < 1.29 is 0 Å². The van der Waals surface area contributed by atoms with Gasteiger partial charge in [0.25, 0.3) is 0 Å². The monoisotopic (exact) mass is 500 g/mol. The van der Waals surface area contributed by atoms with Crippen molar-refractivity contribution in [2.75, 3.05) is 0 Å². The lowest BCUT2D eigenvalue weighted by Crippen LogP contribution is -2.05. The van der Waals surface area contributed by atoms with E-state index >= 15 is 0 Å². The number of rotatable bonds is 3. The molecule has 0 saturated carbocycles. The van der Waals surface area contributed by atoms with Crippen molar-refractivity contribution in [2.24, 2.45) is 0 Å². The lowest BCUT2D eigenvalue weighted by atomic mass is 9.99. The average Bonchev–Trinajstić information content (AvgIpc) is 3.50. The van der Waals surface area contributed by atoms with E-state index in [0.29, 0.717) is 0 Å². The van der Waals surface area contributed by atoms with Crippen molar-refractivity contribution in [3.63, 3.8) is 0 Å². The fourth-order valence-electron chi connectivity index (χ4n) is 6.57. The first kappa shape index (κ1) is 22.2. The van der Waals surface area contributed by atoms with Gasteiger partial charge in [0.05, 0.1) is 16.6 Å². The molecule has 1 aliphatic rings. The van der Waals surface area contributed by atoms with Crippen LogP contribution in [0, 0.1) is 6.92 Å². The van der Waals surface area contributed by atoms with Crippen molar-refractivity contribution in [2.45, 2.75) is 19.8 Å². The zero-order chi connectivity index (χ0) is 25.9. The lowest BCUT2D eigenvalue weighted by molar-refractivity contribution is 0.888. The molecule has 8 rings (SSSR count). The number of hydrogen-bond acceptors (Lipinski definition) is 0. The highest BCUT2D eigenvalue weighted by Crippen LogP contribution is 2.38. The molecule has 186 valence electrons. The minimum absolute atomic E-state index is 1.04. The van der Waals surface area contributed by atoms with E-state index in [0.717, 1.165) is 12.8 Å². The van der Waals surface area contributed by atoms with Crippen LogP contribution in [0.5, 0.6) is 0 Å². The van der Waals surface area contributed by atoms with Crippen LogP contribution in [0.4, 0.5) is 0 Å². The van der Waals surface area contributed by atoms with Gasteiger partial charge in [-0.25, -0.2) is 0 Å². The van der Waals surface area contributed by atoms with Gasteiger partial charge in [-0.05, 0) is 72.9 Å². The normalized spacial score (nSPS) is 12.9. The summed E-state index contributed by atoms with van der Waals surface area (Å²) in [5, 5.41) is 3.89. The molecular formula is C37H28N2. The van der Waals surface area contributed by atoms with Crippen LogP contribution in [0.25, 0.3) is 61.3 Å². The maximum atomic E-state index is 2.51. The Kier molecular flexibility index (Phi) is 4.90. The van der Waals surface area contributed by atoms with Gasteiger partial charge in [-0.3, -0.25) is 0 Å². The SMILES string of the molecule is Cc1ccccc1-c1cc(-n2c3c(c4ccccc42)C=CCC3)cc(-n2c3ccccc3c3ccccc32)c1. The molecule has 0 bridgehead atoms. The number of hydrogen-bond donors (Lipinski definition) is 0. The second kappa shape index (κ2) is 8.61. The molecule has 0 fully saturated rings. The van der Waals surface area contributed by atoms with E-state index in [-0.39, 0.29) is 0 Å². The maximum Gasteiger partial charge on any atom is 0.0541 e. The van der Waals surface area contributed by atoms with Crippen molar-refractivity contribution in [1.82, 2.24) is 9.13 Å². The first-order chi connectivity index (χ1) is 19.3. The molecule has 2 heterocycles. The number of fused-ring (bicyclic) bond motifs is 6. The van der Waals surface area contributed by atoms with Gasteiger partial charge in [0, 0.05) is 38.8 Å². The first-order valence-corrected chi connectivity index (χ1v) is 13.8. The molecule has 0 spiro atoms. The third-order valence-corrected chi connectivity index (χ3v) is 8.30. The van der Waals surface area contributed by atoms with Crippen LogP contribution in [0.3, 0.4) is 0 Å². The largest absolute Gasteiger partial charge is 0.313 e. The summed E-state index contributed by atoms with van der Waals surface area (Å²) in [6.07, 6.45) is 6.74. The quantitative estimate of drug-likeness (QED) is 0.229. The molecule has 0 unspecified atom stereocenters. The van der Waals surface area contributed by atoms with Gasteiger partial charge in [0.1, 0.15) is 0 Å². The van der Waals surface area contributed by atoms with Crippen molar-refractivity contribution in [3.05, 3.63) is 138 Å². The van der Waals surface area contributed by atoms with Crippen LogP contribution in [-0.2, 0) is 6.42 Å². The van der Waals surface area contributed by atoms with Crippen LogP contribution in [-0.4, -0.2) is 9.13 Å². The number of allylic oxidation sites excluding steroid dienone is 1. The Bertz CT molecular complexity index is 2030. The van der Waals surface area contributed by atoms with Crippen molar-refractivity contribution >= 4 is 38.8 Å². The summed E-state index contributed by atoms with van der Waals surface area (Å²) >= 11 is 0. The highest BCUT2D eigenvalue weighted by molar-refractivity contribution is 6.09. The van der Waals surface area contributed by atoms with E-state index < -0.39 is 0 Å². The molecular weight excluding hydrogens is 472 g/mol. The van der Waals surface area contributed by atoms with Gasteiger partial charge in [0.15, 0.2) is 0 Å². The predicted molar refractivity (Wildman–Crippen MR) is 165 cm³/mol. The average molecular weight is 501 g/mol. The predicted octanol–water partition coefficient (Wildman–Crippen LogP) is 9.66. The summed E-state index contributed by atoms with van der Waals surface area (Å²) in [5.41, 5.74) is 12.7. The minimum Gasteiger partial charge on any atom is -0.313 e. The fourth-order valence-corrected chi connectivity index (χ4v) is 6.57. The molecule has 39 heavy (non-hydrogen) atoms. The third-order valence-electron chi connectivity index (χ3n) is 8.30. The Morgan fingerprint density at radius 1 is 0.564 bits per heavy atom. The van der Waals surface area contributed by atoms with Gasteiger partial charge < -0.3 is 9.13 Å². The molecule has 2 nitrogen and oxygen atoms in total. The molecule has 0 radical (unpaired) electrons. The molecule has 1 aliphatic carbocycles. The van der Waals surface area contributed by atoms with Crippen LogP contribution in [0.2, 0.25) is 0 Å². The molecule has 7 aromatic rings. The summed E-state index contributed by atoms with van der Waals surface area (Å²) in [5.74, 6) is 0. The fraction of sp³-hybridized carbons (Fsp3) is 0.0811. The number of aromatic nitrogens is 2. The van der Waals surface area contributed by atoms with Gasteiger partial charge in [-0.2, -0.15) is 0 Å². The molecule has 2 aromatic heterocycles. The van der Waals surface area contributed by atoms with E-state index in [1.807, 2.05) is 0 Å².